The van der Waals surface area contributed by atoms with Gasteiger partial charge in [0.1, 0.15) is 18.1 Å². The van der Waals surface area contributed by atoms with Crippen LogP contribution < -0.4 is 10.3 Å². The maximum Gasteiger partial charge on any atom is 0.573 e. The predicted octanol–water partition coefficient (Wildman–Crippen LogP) is 3.72. The molecule has 0 radical (unpaired) electrons. The first kappa shape index (κ1) is 21.0. The highest BCUT2D eigenvalue weighted by Gasteiger charge is 2.36. The standard InChI is InChI=1S/C19H18F4N2O4/c1-28-9-17-24-14(8-18(27)25-17)15(26)7-12(10-2-3-10)11-4-5-16(13(20)6-11)29-19(21,22)23/h4-6,8,10,12H,2-3,7,9H2,1H3,(H,24,25,27)/t12-/m1/s1. The topological polar surface area (TPSA) is 81.3 Å². The van der Waals surface area contributed by atoms with Gasteiger partial charge < -0.3 is 14.5 Å². The molecule has 1 atom stereocenters. The minimum atomic E-state index is -5.00. The van der Waals surface area contributed by atoms with E-state index in [2.05, 4.69) is 14.7 Å². The van der Waals surface area contributed by atoms with Gasteiger partial charge in [-0.2, -0.15) is 0 Å². The number of hydrogen-bond acceptors (Lipinski definition) is 5. The Bertz CT molecular complexity index is 954. The number of nitrogens with one attached hydrogen (secondary N) is 1. The Kier molecular flexibility index (Phi) is 6.02. The summed E-state index contributed by atoms with van der Waals surface area (Å²) in [5, 5.41) is 0. The van der Waals surface area contributed by atoms with E-state index in [1.54, 1.807) is 0 Å². The fourth-order valence-corrected chi connectivity index (χ4v) is 3.17. The molecule has 1 N–H and O–H groups in total. The van der Waals surface area contributed by atoms with E-state index in [-0.39, 0.29) is 30.5 Å². The number of halogens is 4. The second-order valence-electron chi connectivity index (χ2n) is 6.82. The molecule has 2 aromatic rings. The molecule has 0 unspecified atom stereocenters. The zero-order valence-electron chi connectivity index (χ0n) is 15.4. The molecule has 29 heavy (non-hydrogen) atoms. The highest BCUT2D eigenvalue weighted by atomic mass is 19.4. The first-order chi connectivity index (χ1) is 13.7. The number of alkyl halides is 3. The van der Waals surface area contributed by atoms with Crippen LogP contribution in [-0.2, 0) is 11.3 Å². The molecular formula is C19H18F4N2O4. The van der Waals surface area contributed by atoms with E-state index in [1.165, 1.54) is 13.2 Å². The molecule has 3 rings (SSSR count). The summed E-state index contributed by atoms with van der Waals surface area (Å²) in [7, 11) is 1.42. The van der Waals surface area contributed by atoms with Crippen LogP contribution in [0.5, 0.6) is 5.75 Å². The highest BCUT2D eigenvalue weighted by Crippen LogP contribution is 2.45. The number of aromatic amines is 1. The van der Waals surface area contributed by atoms with Crippen molar-refractivity contribution in [3.05, 3.63) is 57.5 Å². The number of carbonyl (C=O) groups is 1. The smallest absolute Gasteiger partial charge is 0.403 e. The number of rotatable bonds is 8. The van der Waals surface area contributed by atoms with E-state index in [0.29, 0.717) is 5.56 Å². The van der Waals surface area contributed by atoms with Crippen molar-refractivity contribution in [3.8, 4) is 5.75 Å². The third kappa shape index (κ3) is 5.63. The Balaban J connectivity index is 1.82. The maximum absolute atomic E-state index is 14.1. The third-order valence-corrected chi connectivity index (χ3v) is 4.56. The number of aromatic nitrogens is 2. The van der Waals surface area contributed by atoms with Crippen molar-refractivity contribution in [1.82, 2.24) is 9.97 Å². The van der Waals surface area contributed by atoms with Crippen LogP contribution in [-0.4, -0.2) is 29.2 Å². The summed E-state index contributed by atoms with van der Waals surface area (Å²) < 4.78 is 59.6. The van der Waals surface area contributed by atoms with Gasteiger partial charge in [0.15, 0.2) is 17.3 Å². The van der Waals surface area contributed by atoms with Crippen LogP contribution in [0.1, 0.15) is 47.1 Å². The molecule has 156 valence electrons. The number of nitrogens with zero attached hydrogens (tertiary/aromatic N) is 1. The Hall–Kier alpha value is -2.75. The van der Waals surface area contributed by atoms with Crippen LogP contribution in [0.2, 0.25) is 0 Å². The van der Waals surface area contributed by atoms with Crippen LogP contribution in [0.4, 0.5) is 17.6 Å². The fraction of sp³-hybridized carbons (Fsp3) is 0.421. The maximum atomic E-state index is 14.1. The second kappa shape index (κ2) is 8.32. The summed E-state index contributed by atoms with van der Waals surface area (Å²) >= 11 is 0. The quantitative estimate of drug-likeness (QED) is 0.526. The lowest BCUT2D eigenvalue weighted by atomic mass is 9.88. The molecule has 0 aliphatic heterocycles. The normalized spacial score (nSPS) is 15.2. The van der Waals surface area contributed by atoms with Crippen molar-refractivity contribution < 1.29 is 31.8 Å². The number of H-pyrrole nitrogens is 1. The largest absolute Gasteiger partial charge is 0.573 e. The van der Waals surface area contributed by atoms with Crippen LogP contribution in [0.3, 0.4) is 0 Å². The number of ketones is 1. The molecule has 6 nitrogen and oxygen atoms in total. The van der Waals surface area contributed by atoms with Gasteiger partial charge in [-0.25, -0.2) is 9.37 Å². The lowest BCUT2D eigenvalue weighted by Crippen LogP contribution is -2.19. The van der Waals surface area contributed by atoms with E-state index in [9.17, 15) is 27.2 Å². The predicted molar refractivity (Wildman–Crippen MR) is 93.1 cm³/mol. The summed E-state index contributed by atoms with van der Waals surface area (Å²) in [6, 6.07) is 4.26. The lowest BCUT2D eigenvalue weighted by Gasteiger charge is -2.17. The van der Waals surface area contributed by atoms with Crippen molar-refractivity contribution >= 4 is 5.78 Å². The Morgan fingerprint density at radius 3 is 2.62 bits per heavy atom. The molecule has 1 heterocycles. The third-order valence-electron chi connectivity index (χ3n) is 4.56. The number of hydrogen-bond donors (Lipinski definition) is 1. The fourth-order valence-electron chi connectivity index (χ4n) is 3.17. The SMILES string of the molecule is COCc1nc(C(=O)C[C@@H](c2ccc(OC(F)(F)F)c(F)c2)C2CC2)cc(=O)[nH]1. The number of ether oxygens (including phenoxy) is 2. The average molecular weight is 414 g/mol. The number of methoxy groups -OCH3 is 1. The average Bonchev–Trinajstić information content (AvgIpc) is 3.45. The Morgan fingerprint density at radius 1 is 1.31 bits per heavy atom. The molecule has 1 aromatic carbocycles. The summed E-state index contributed by atoms with van der Waals surface area (Å²) in [6.45, 7) is 0.0221. The molecule has 1 fully saturated rings. The minimum Gasteiger partial charge on any atom is -0.403 e. The van der Waals surface area contributed by atoms with Crippen LogP contribution in [0.25, 0.3) is 0 Å². The molecule has 1 aliphatic carbocycles. The van der Waals surface area contributed by atoms with Crippen LogP contribution in [0, 0.1) is 11.7 Å². The van der Waals surface area contributed by atoms with Gasteiger partial charge in [0.2, 0.25) is 0 Å². The molecule has 10 heteroatoms. The summed E-state index contributed by atoms with van der Waals surface area (Å²) in [4.78, 5) is 30.9. The van der Waals surface area contributed by atoms with Crippen molar-refractivity contribution in [3.63, 3.8) is 0 Å². The minimum absolute atomic E-state index is 0.0221. The van der Waals surface area contributed by atoms with Gasteiger partial charge in [0.25, 0.3) is 5.56 Å². The van der Waals surface area contributed by atoms with Gasteiger partial charge in [0, 0.05) is 19.6 Å². The molecule has 1 saturated carbocycles. The van der Waals surface area contributed by atoms with E-state index < -0.39 is 35.2 Å². The monoisotopic (exact) mass is 414 g/mol. The van der Waals surface area contributed by atoms with Gasteiger partial charge in [-0.1, -0.05) is 6.07 Å². The molecule has 1 aromatic heterocycles. The number of Topliss-reactive ketones (excluding diaryl/α,β-unsaturated/α-hetero) is 1. The second-order valence-corrected chi connectivity index (χ2v) is 6.82. The summed E-state index contributed by atoms with van der Waals surface area (Å²) in [5.74, 6) is -2.60. The first-order valence-corrected chi connectivity index (χ1v) is 8.84. The lowest BCUT2D eigenvalue weighted by molar-refractivity contribution is -0.275. The zero-order chi connectivity index (χ0) is 21.2. The molecule has 0 bridgehead atoms. The van der Waals surface area contributed by atoms with Gasteiger partial charge in [0.05, 0.1) is 0 Å². The van der Waals surface area contributed by atoms with Crippen molar-refractivity contribution in [2.45, 2.75) is 38.1 Å². The van der Waals surface area contributed by atoms with Gasteiger partial charge >= 0.3 is 6.36 Å². The van der Waals surface area contributed by atoms with Crippen molar-refractivity contribution in [2.24, 2.45) is 5.92 Å². The van der Waals surface area contributed by atoms with Gasteiger partial charge in [-0.15, -0.1) is 13.2 Å². The van der Waals surface area contributed by atoms with E-state index in [0.717, 1.165) is 31.0 Å². The molecular weight excluding hydrogens is 396 g/mol. The van der Waals surface area contributed by atoms with E-state index >= 15 is 0 Å². The van der Waals surface area contributed by atoms with Gasteiger partial charge in [-0.3, -0.25) is 9.59 Å². The summed E-state index contributed by atoms with van der Waals surface area (Å²) in [5.41, 5.74) is -0.142. The van der Waals surface area contributed by atoms with Crippen LogP contribution in [0.15, 0.2) is 29.1 Å². The Morgan fingerprint density at radius 2 is 2.03 bits per heavy atom. The van der Waals surface area contributed by atoms with E-state index in [1.807, 2.05) is 0 Å². The highest BCUT2D eigenvalue weighted by molar-refractivity contribution is 5.94. The number of carbonyl (C=O) groups excluding carboxylic acids is 1. The Labute approximate surface area is 162 Å². The van der Waals surface area contributed by atoms with Crippen molar-refractivity contribution in [2.75, 3.05) is 7.11 Å². The molecule has 0 spiro atoms. The zero-order valence-corrected chi connectivity index (χ0v) is 15.4. The number of benzene rings is 1. The molecule has 0 amide bonds. The van der Waals surface area contributed by atoms with E-state index in [4.69, 9.17) is 4.74 Å². The van der Waals surface area contributed by atoms with Crippen molar-refractivity contribution in [1.29, 1.82) is 0 Å². The van der Waals surface area contributed by atoms with Gasteiger partial charge in [-0.05, 0) is 42.4 Å². The van der Waals surface area contributed by atoms with Crippen LogP contribution >= 0.6 is 0 Å². The summed E-state index contributed by atoms with van der Waals surface area (Å²) in [6.07, 6.45) is -3.41. The molecule has 1 aliphatic rings. The first-order valence-electron chi connectivity index (χ1n) is 8.84. The molecule has 0 saturated heterocycles.